The molecule has 2 aliphatic heterocycles. The average molecular weight is 461 g/mol. The SMILES string of the molecule is CC(=O)N1C=Cc2ccccc2C1CC(=O)N1CCN(CC(=O)Nc2cccc(C)c2C)CC1. The third kappa shape index (κ3) is 5.20. The number of benzene rings is 2. The first kappa shape index (κ1) is 23.7. The number of anilines is 1. The van der Waals surface area contributed by atoms with E-state index in [9.17, 15) is 14.4 Å². The van der Waals surface area contributed by atoms with Crippen LogP contribution in [0.2, 0.25) is 0 Å². The minimum atomic E-state index is -0.299. The number of rotatable bonds is 5. The number of amides is 3. The molecule has 0 radical (unpaired) electrons. The summed E-state index contributed by atoms with van der Waals surface area (Å²) >= 11 is 0. The maximum absolute atomic E-state index is 13.1. The van der Waals surface area contributed by atoms with Crippen LogP contribution < -0.4 is 5.32 Å². The van der Waals surface area contributed by atoms with Crippen LogP contribution in [-0.2, 0) is 14.4 Å². The minimum Gasteiger partial charge on any atom is -0.340 e. The molecule has 7 heteroatoms. The lowest BCUT2D eigenvalue weighted by Crippen LogP contribution is -2.51. The van der Waals surface area contributed by atoms with Crippen molar-refractivity contribution in [1.29, 1.82) is 0 Å². The number of carbonyl (C=O) groups is 3. The summed E-state index contributed by atoms with van der Waals surface area (Å²) in [6, 6.07) is 13.5. The topological polar surface area (TPSA) is 73.0 Å². The second-order valence-corrected chi connectivity index (χ2v) is 9.04. The van der Waals surface area contributed by atoms with E-state index < -0.39 is 0 Å². The molecule has 1 saturated heterocycles. The Kier molecular flexibility index (Phi) is 7.12. The van der Waals surface area contributed by atoms with E-state index in [1.54, 1.807) is 11.1 Å². The highest BCUT2D eigenvalue weighted by Gasteiger charge is 2.31. The van der Waals surface area contributed by atoms with Crippen LogP contribution >= 0.6 is 0 Å². The minimum absolute atomic E-state index is 0.0286. The van der Waals surface area contributed by atoms with E-state index >= 15 is 0 Å². The molecule has 1 fully saturated rings. The number of piperazine rings is 1. The first-order valence-corrected chi connectivity index (χ1v) is 11.8. The van der Waals surface area contributed by atoms with Crippen LogP contribution in [0.15, 0.2) is 48.7 Å². The molecule has 3 amide bonds. The van der Waals surface area contributed by atoms with Crippen LogP contribution in [0.25, 0.3) is 6.08 Å². The monoisotopic (exact) mass is 460 g/mol. The lowest BCUT2D eigenvalue weighted by Gasteiger charge is -2.37. The lowest BCUT2D eigenvalue weighted by atomic mass is 9.93. The predicted octanol–water partition coefficient (Wildman–Crippen LogP) is 3.35. The van der Waals surface area contributed by atoms with Crippen molar-refractivity contribution in [2.75, 3.05) is 38.0 Å². The highest BCUT2D eigenvalue weighted by Crippen LogP contribution is 2.33. The van der Waals surface area contributed by atoms with Gasteiger partial charge >= 0.3 is 0 Å². The van der Waals surface area contributed by atoms with Crippen molar-refractivity contribution >= 4 is 29.5 Å². The number of fused-ring (bicyclic) bond motifs is 1. The summed E-state index contributed by atoms with van der Waals surface area (Å²) in [6.45, 7) is 8.28. The Labute approximate surface area is 201 Å². The maximum Gasteiger partial charge on any atom is 0.238 e. The zero-order valence-electron chi connectivity index (χ0n) is 20.1. The van der Waals surface area contributed by atoms with Gasteiger partial charge in [-0.15, -0.1) is 0 Å². The fourth-order valence-corrected chi connectivity index (χ4v) is 4.64. The summed E-state index contributed by atoms with van der Waals surface area (Å²) in [5, 5.41) is 3.01. The van der Waals surface area contributed by atoms with Crippen LogP contribution in [0.3, 0.4) is 0 Å². The van der Waals surface area contributed by atoms with Gasteiger partial charge in [0, 0.05) is 45.0 Å². The number of nitrogens with one attached hydrogen (secondary N) is 1. The third-order valence-electron chi connectivity index (χ3n) is 6.81. The highest BCUT2D eigenvalue weighted by atomic mass is 16.2. The molecule has 1 N–H and O–H groups in total. The Morgan fingerprint density at radius 2 is 1.71 bits per heavy atom. The summed E-state index contributed by atoms with van der Waals surface area (Å²) in [6.07, 6.45) is 3.93. The molecule has 4 rings (SSSR count). The Bertz CT molecular complexity index is 1120. The van der Waals surface area contributed by atoms with Crippen molar-refractivity contribution in [3.8, 4) is 0 Å². The molecule has 0 spiro atoms. The second kappa shape index (κ2) is 10.2. The number of nitrogens with zero attached hydrogens (tertiary/aromatic N) is 3. The molecular weight excluding hydrogens is 428 g/mol. The molecule has 2 aromatic rings. The standard InChI is InChI=1S/C27H32N4O3/c1-19-7-6-10-24(20(19)2)28-26(33)18-29-13-15-30(16-14-29)27(34)17-25-23-9-5-4-8-22(23)11-12-31(25)21(3)32/h4-12,25H,13-18H2,1-3H3,(H,28,33). The van der Waals surface area contributed by atoms with E-state index in [0.29, 0.717) is 32.7 Å². The molecule has 0 aromatic heterocycles. The van der Waals surface area contributed by atoms with Crippen LogP contribution in [0.4, 0.5) is 5.69 Å². The number of aryl methyl sites for hydroxylation is 1. The summed E-state index contributed by atoms with van der Waals surface area (Å²) in [5.41, 5.74) is 5.10. The Hall–Kier alpha value is -3.45. The number of carbonyl (C=O) groups excluding carboxylic acids is 3. The Balaban J connectivity index is 1.32. The van der Waals surface area contributed by atoms with Gasteiger partial charge in [-0.25, -0.2) is 0 Å². The normalized spacial score (nSPS) is 17.9. The van der Waals surface area contributed by atoms with Gasteiger partial charge in [0.1, 0.15) is 0 Å². The summed E-state index contributed by atoms with van der Waals surface area (Å²) in [4.78, 5) is 43.5. The molecule has 1 atom stereocenters. The van der Waals surface area contributed by atoms with Crippen LogP contribution in [-0.4, -0.2) is 65.1 Å². The number of hydrogen-bond acceptors (Lipinski definition) is 4. The van der Waals surface area contributed by atoms with E-state index in [2.05, 4.69) is 10.2 Å². The van der Waals surface area contributed by atoms with Crippen molar-refractivity contribution in [2.24, 2.45) is 0 Å². The Morgan fingerprint density at radius 3 is 2.44 bits per heavy atom. The van der Waals surface area contributed by atoms with Gasteiger partial charge in [-0.1, -0.05) is 36.4 Å². The lowest BCUT2D eigenvalue weighted by molar-refractivity contribution is -0.136. The molecule has 2 heterocycles. The second-order valence-electron chi connectivity index (χ2n) is 9.04. The van der Waals surface area contributed by atoms with E-state index in [1.165, 1.54) is 6.92 Å². The third-order valence-corrected chi connectivity index (χ3v) is 6.81. The van der Waals surface area contributed by atoms with Gasteiger partial charge in [0.2, 0.25) is 17.7 Å². The van der Waals surface area contributed by atoms with Crippen molar-refractivity contribution in [1.82, 2.24) is 14.7 Å². The summed E-state index contributed by atoms with van der Waals surface area (Å²) in [5.74, 6) is -0.0970. The Morgan fingerprint density at radius 1 is 0.971 bits per heavy atom. The molecule has 0 bridgehead atoms. The first-order valence-electron chi connectivity index (χ1n) is 11.8. The zero-order chi connectivity index (χ0) is 24.2. The van der Waals surface area contributed by atoms with Crippen LogP contribution in [0.5, 0.6) is 0 Å². The molecule has 1 unspecified atom stereocenters. The number of hydrogen-bond donors (Lipinski definition) is 1. The van der Waals surface area contributed by atoms with E-state index in [0.717, 1.165) is 27.9 Å². The van der Waals surface area contributed by atoms with Gasteiger partial charge in [0.05, 0.1) is 19.0 Å². The van der Waals surface area contributed by atoms with Gasteiger partial charge in [-0.05, 0) is 48.2 Å². The van der Waals surface area contributed by atoms with Crippen LogP contribution in [0, 0.1) is 13.8 Å². The van der Waals surface area contributed by atoms with Crippen LogP contribution in [0.1, 0.15) is 41.6 Å². The van der Waals surface area contributed by atoms with Gasteiger partial charge in [0.15, 0.2) is 0 Å². The first-order chi connectivity index (χ1) is 16.3. The molecule has 0 aliphatic carbocycles. The predicted molar refractivity (Wildman–Crippen MR) is 133 cm³/mol. The largest absolute Gasteiger partial charge is 0.340 e. The quantitative estimate of drug-likeness (QED) is 0.743. The van der Waals surface area contributed by atoms with E-state index in [-0.39, 0.29) is 30.2 Å². The molecule has 34 heavy (non-hydrogen) atoms. The fraction of sp³-hybridized carbons (Fsp3) is 0.370. The zero-order valence-corrected chi connectivity index (χ0v) is 20.1. The molecule has 2 aromatic carbocycles. The van der Waals surface area contributed by atoms with Gasteiger partial charge in [-0.3, -0.25) is 19.3 Å². The maximum atomic E-state index is 13.1. The molecule has 178 valence electrons. The molecule has 0 saturated carbocycles. The smallest absolute Gasteiger partial charge is 0.238 e. The van der Waals surface area contributed by atoms with Crippen molar-refractivity contribution < 1.29 is 14.4 Å². The summed E-state index contributed by atoms with van der Waals surface area (Å²) < 4.78 is 0. The van der Waals surface area contributed by atoms with E-state index in [1.807, 2.05) is 67.3 Å². The van der Waals surface area contributed by atoms with Gasteiger partial charge in [-0.2, -0.15) is 0 Å². The fourth-order valence-electron chi connectivity index (χ4n) is 4.64. The van der Waals surface area contributed by atoms with Crippen molar-refractivity contribution in [3.05, 3.63) is 70.9 Å². The van der Waals surface area contributed by atoms with Crippen molar-refractivity contribution in [2.45, 2.75) is 33.2 Å². The van der Waals surface area contributed by atoms with Crippen molar-refractivity contribution in [3.63, 3.8) is 0 Å². The summed E-state index contributed by atoms with van der Waals surface area (Å²) in [7, 11) is 0. The molecule has 2 aliphatic rings. The van der Waals surface area contributed by atoms with Gasteiger partial charge in [0.25, 0.3) is 0 Å². The van der Waals surface area contributed by atoms with Gasteiger partial charge < -0.3 is 15.1 Å². The van der Waals surface area contributed by atoms with E-state index in [4.69, 9.17) is 0 Å². The molecular formula is C27H32N4O3. The average Bonchev–Trinajstić information content (AvgIpc) is 2.82. The molecule has 7 nitrogen and oxygen atoms in total. The highest BCUT2D eigenvalue weighted by molar-refractivity contribution is 5.93.